The highest BCUT2D eigenvalue weighted by Gasteiger charge is 2.10. The zero-order chi connectivity index (χ0) is 13.5. The van der Waals surface area contributed by atoms with Gasteiger partial charge in [0, 0.05) is 18.5 Å². The third-order valence-electron chi connectivity index (χ3n) is 3.24. The Morgan fingerprint density at radius 3 is 2.44 bits per heavy atom. The molecule has 0 fully saturated rings. The summed E-state index contributed by atoms with van der Waals surface area (Å²) in [5, 5.41) is 15.0. The van der Waals surface area contributed by atoms with Gasteiger partial charge in [0.15, 0.2) is 0 Å². The summed E-state index contributed by atoms with van der Waals surface area (Å²) >= 11 is 0. The van der Waals surface area contributed by atoms with E-state index in [1.54, 1.807) is 0 Å². The number of benzene rings is 1. The van der Waals surface area contributed by atoms with Gasteiger partial charge in [0.25, 0.3) is 0 Å². The second kappa shape index (κ2) is 7.01. The van der Waals surface area contributed by atoms with Crippen LogP contribution in [-0.2, 0) is 6.42 Å². The molecular formula is C14H23N3O. The molecule has 0 radical (unpaired) electrons. The van der Waals surface area contributed by atoms with Gasteiger partial charge in [-0.2, -0.15) is 0 Å². The number of amidine groups is 1. The van der Waals surface area contributed by atoms with E-state index in [1.807, 2.05) is 6.92 Å². The van der Waals surface area contributed by atoms with Crippen molar-refractivity contribution in [1.82, 2.24) is 5.32 Å². The van der Waals surface area contributed by atoms with Crippen molar-refractivity contribution in [3.63, 3.8) is 0 Å². The van der Waals surface area contributed by atoms with Gasteiger partial charge < -0.3 is 16.3 Å². The van der Waals surface area contributed by atoms with Crippen molar-refractivity contribution >= 4 is 5.84 Å². The van der Waals surface area contributed by atoms with Crippen LogP contribution in [0.5, 0.6) is 0 Å². The van der Waals surface area contributed by atoms with Crippen LogP contribution in [0.1, 0.15) is 37.9 Å². The lowest BCUT2D eigenvalue weighted by Gasteiger charge is -2.17. The molecule has 4 N–H and O–H groups in total. The topological polar surface area (TPSA) is 70.6 Å². The lowest BCUT2D eigenvalue weighted by atomic mass is 10.0. The lowest BCUT2D eigenvalue weighted by Crippen LogP contribution is -2.32. The maximum absolute atomic E-state index is 8.58. The minimum Gasteiger partial charge on any atom is -0.409 e. The van der Waals surface area contributed by atoms with E-state index in [9.17, 15) is 0 Å². The van der Waals surface area contributed by atoms with Gasteiger partial charge in [0.1, 0.15) is 5.84 Å². The molecule has 18 heavy (non-hydrogen) atoms. The Kier molecular flexibility index (Phi) is 5.65. The van der Waals surface area contributed by atoms with Crippen LogP contribution in [0.2, 0.25) is 0 Å². The average Bonchev–Trinajstić information content (AvgIpc) is 2.43. The average molecular weight is 249 g/mol. The summed E-state index contributed by atoms with van der Waals surface area (Å²) in [6.45, 7) is 6.87. The van der Waals surface area contributed by atoms with Crippen molar-refractivity contribution in [2.45, 2.75) is 33.2 Å². The van der Waals surface area contributed by atoms with Crippen LogP contribution in [0.15, 0.2) is 29.4 Å². The summed E-state index contributed by atoms with van der Waals surface area (Å²) in [6.07, 6.45) is 1.06. The smallest absolute Gasteiger partial charge is 0.143 e. The molecule has 2 unspecified atom stereocenters. The molecule has 1 rings (SSSR count). The Balaban J connectivity index is 2.52. The largest absolute Gasteiger partial charge is 0.409 e. The monoisotopic (exact) mass is 249 g/mol. The van der Waals surface area contributed by atoms with Gasteiger partial charge in [0.05, 0.1) is 0 Å². The van der Waals surface area contributed by atoms with Gasteiger partial charge in [-0.15, -0.1) is 0 Å². The predicted molar refractivity (Wildman–Crippen MR) is 74.8 cm³/mol. The van der Waals surface area contributed by atoms with Crippen LogP contribution in [0, 0.1) is 5.92 Å². The highest BCUT2D eigenvalue weighted by Crippen LogP contribution is 2.14. The third-order valence-corrected chi connectivity index (χ3v) is 3.24. The number of hydrogen-bond donors (Lipinski definition) is 3. The van der Waals surface area contributed by atoms with E-state index in [-0.39, 0.29) is 17.8 Å². The van der Waals surface area contributed by atoms with Crippen LogP contribution in [-0.4, -0.2) is 17.6 Å². The van der Waals surface area contributed by atoms with Gasteiger partial charge in [-0.05, 0) is 24.5 Å². The molecule has 100 valence electrons. The zero-order valence-corrected chi connectivity index (χ0v) is 11.4. The van der Waals surface area contributed by atoms with Crippen LogP contribution < -0.4 is 11.1 Å². The first-order valence-electron chi connectivity index (χ1n) is 6.38. The lowest BCUT2D eigenvalue weighted by molar-refractivity contribution is 0.313. The number of nitrogens with zero attached hydrogens (tertiary/aromatic N) is 1. The maximum Gasteiger partial charge on any atom is 0.143 e. The molecule has 4 heteroatoms. The van der Waals surface area contributed by atoms with Gasteiger partial charge in [-0.3, -0.25) is 0 Å². The minimum atomic E-state index is 0.0207. The molecular weight excluding hydrogens is 226 g/mol. The van der Waals surface area contributed by atoms with Crippen LogP contribution in [0.3, 0.4) is 0 Å². The van der Waals surface area contributed by atoms with Crippen molar-refractivity contribution in [2.24, 2.45) is 16.8 Å². The highest BCUT2D eigenvalue weighted by molar-refractivity contribution is 5.82. The number of nitrogens with one attached hydrogen (secondary N) is 1. The minimum absolute atomic E-state index is 0.0207. The molecule has 0 aliphatic carbocycles. The van der Waals surface area contributed by atoms with E-state index in [2.05, 4.69) is 48.6 Å². The van der Waals surface area contributed by atoms with Gasteiger partial charge in [-0.25, -0.2) is 0 Å². The van der Waals surface area contributed by atoms with Gasteiger partial charge in [0.2, 0.25) is 0 Å². The first kappa shape index (κ1) is 14.5. The standard InChI is InChI=1S/C14H23N3O/c1-4-12-5-7-13(8-6-12)11(3)16-9-10(2)14(15)17-18/h5-8,10-11,16,18H,4,9H2,1-3H3,(H2,15,17). The first-order valence-corrected chi connectivity index (χ1v) is 6.38. The quantitative estimate of drug-likeness (QED) is 0.313. The summed E-state index contributed by atoms with van der Waals surface area (Å²) < 4.78 is 0. The molecule has 0 amide bonds. The Bertz CT molecular complexity index is 387. The van der Waals surface area contributed by atoms with E-state index in [0.717, 1.165) is 6.42 Å². The second-order valence-electron chi connectivity index (χ2n) is 4.65. The summed E-state index contributed by atoms with van der Waals surface area (Å²) in [5.41, 5.74) is 8.13. The van der Waals surface area contributed by atoms with Crippen molar-refractivity contribution < 1.29 is 5.21 Å². The molecule has 0 aliphatic heterocycles. The van der Waals surface area contributed by atoms with E-state index in [1.165, 1.54) is 11.1 Å². The van der Waals surface area contributed by atoms with E-state index in [4.69, 9.17) is 10.9 Å². The number of rotatable bonds is 6. The molecule has 4 nitrogen and oxygen atoms in total. The molecule has 0 heterocycles. The Hall–Kier alpha value is -1.55. The van der Waals surface area contributed by atoms with E-state index < -0.39 is 0 Å². The normalized spacial score (nSPS) is 15.4. The first-order chi connectivity index (χ1) is 8.58. The van der Waals surface area contributed by atoms with E-state index >= 15 is 0 Å². The number of aryl methyl sites for hydroxylation is 1. The Labute approximate surface area is 109 Å². The number of hydrogen-bond acceptors (Lipinski definition) is 3. The SMILES string of the molecule is CCc1ccc(C(C)NCC(C)C(N)=NO)cc1. The summed E-state index contributed by atoms with van der Waals surface area (Å²) in [4.78, 5) is 0. The molecule has 1 aromatic carbocycles. The van der Waals surface area contributed by atoms with Crippen molar-refractivity contribution in [3.8, 4) is 0 Å². The molecule has 0 spiro atoms. The Morgan fingerprint density at radius 1 is 1.33 bits per heavy atom. The molecule has 2 atom stereocenters. The summed E-state index contributed by atoms with van der Waals surface area (Å²) in [5.74, 6) is 0.281. The number of oxime groups is 1. The van der Waals surface area contributed by atoms with Crippen molar-refractivity contribution in [2.75, 3.05) is 6.54 Å². The van der Waals surface area contributed by atoms with Gasteiger partial charge >= 0.3 is 0 Å². The molecule has 1 aromatic rings. The van der Waals surface area contributed by atoms with Crippen LogP contribution >= 0.6 is 0 Å². The van der Waals surface area contributed by atoms with E-state index in [0.29, 0.717) is 6.54 Å². The predicted octanol–water partition coefficient (Wildman–Crippen LogP) is 2.28. The molecule has 0 aliphatic rings. The van der Waals surface area contributed by atoms with Crippen LogP contribution in [0.4, 0.5) is 0 Å². The fraction of sp³-hybridized carbons (Fsp3) is 0.500. The fourth-order valence-electron chi connectivity index (χ4n) is 1.72. The summed E-state index contributed by atoms with van der Waals surface area (Å²) in [6, 6.07) is 8.85. The van der Waals surface area contributed by atoms with Gasteiger partial charge in [-0.1, -0.05) is 43.3 Å². The second-order valence-corrected chi connectivity index (χ2v) is 4.65. The molecule has 0 saturated heterocycles. The van der Waals surface area contributed by atoms with Crippen molar-refractivity contribution in [3.05, 3.63) is 35.4 Å². The van der Waals surface area contributed by atoms with Crippen molar-refractivity contribution in [1.29, 1.82) is 0 Å². The molecule has 0 bridgehead atoms. The molecule has 0 saturated carbocycles. The van der Waals surface area contributed by atoms with Crippen LogP contribution in [0.25, 0.3) is 0 Å². The Morgan fingerprint density at radius 2 is 1.94 bits per heavy atom. The molecule has 0 aromatic heterocycles. The fourth-order valence-corrected chi connectivity index (χ4v) is 1.72. The maximum atomic E-state index is 8.58. The zero-order valence-electron chi connectivity index (χ0n) is 11.4. The summed E-state index contributed by atoms with van der Waals surface area (Å²) in [7, 11) is 0. The highest BCUT2D eigenvalue weighted by atomic mass is 16.4. The third kappa shape index (κ3) is 4.04. The number of nitrogens with two attached hydrogens (primary N) is 1.